The average molecular weight is 362 g/mol. The van der Waals surface area contributed by atoms with Crippen LogP contribution in [0.4, 0.5) is 11.5 Å². The molecule has 0 spiro atoms. The van der Waals surface area contributed by atoms with Gasteiger partial charge in [-0.05, 0) is 42.8 Å². The largest absolute Gasteiger partial charge is 0.382 e. The van der Waals surface area contributed by atoms with E-state index in [0.717, 1.165) is 11.3 Å². The van der Waals surface area contributed by atoms with Crippen molar-refractivity contribution in [3.8, 4) is 5.69 Å². The highest BCUT2D eigenvalue weighted by molar-refractivity contribution is 6.36. The molecule has 122 valence electrons. The van der Waals surface area contributed by atoms with Crippen LogP contribution in [-0.2, 0) is 0 Å². The first-order valence-electron chi connectivity index (χ1n) is 7.00. The van der Waals surface area contributed by atoms with Crippen LogP contribution in [0, 0.1) is 6.92 Å². The molecular weight excluding hydrogens is 349 g/mol. The number of carbonyl (C=O) groups excluding carboxylic acids is 1. The van der Waals surface area contributed by atoms with E-state index in [4.69, 9.17) is 28.9 Å². The van der Waals surface area contributed by atoms with Crippen LogP contribution >= 0.6 is 23.2 Å². The van der Waals surface area contributed by atoms with E-state index in [1.165, 1.54) is 10.7 Å². The first-order chi connectivity index (χ1) is 11.5. The lowest BCUT2D eigenvalue weighted by molar-refractivity contribution is 0.102. The van der Waals surface area contributed by atoms with Gasteiger partial charge in [0.2, 0.25) is 0 Å². The molecule has 0 unspecified atom stereocenters. The molecular formula is C16H13Cl2N5O. The third-order valence-corrected chi connectivity index (χ3v) is 3.89. The lowest BCUT2D eigenvalue weighted by Crippen LogP contribution is -2.15. The zero-order valence-corrected chi connectivity index (χ0v) is 14.1. The maximum atomic E-state index is 12.4. The number of nitrogens with zero attached hydrogens (tertiary/aromatic N) is 3. The Morgan fingerprint density at radius 1 is 1.21 bits per heavy atom. The number of nitrogens with two attached hydrogens (primary N) is 1. The Labute approximate surface area is 148 Å². The highest BCUT2D eigenvalue weighted by Gasteiger charge is 2.19. The Hall–Kier alpha value is -2.57. The number of halogens is 2. The smallest absolute Gasteiger partial charge is 0.280 e. The average Bonchev–Trinajstić information content (AvgIpc) is 2.92. The molecule has 24 heavy (non-hydrogen) atoms. The molecule has 0 aliphatic heterocycles. The third kappa shape index (κ3) is 3.20. The van der Waals surface area contributed by atoms with Crippen LogP contribution in [0.1, 0.15) is 16.1 Å². The zero-order valence-electron chi connectivity index (χ0n) is 12.6. The molecule has 0 atom stereocenters. The van der Waals surface area contributed by atoms with Gasteiger partial charge in [0.15, 0.2) is 11.5 Å². The van der Waals surface area contributed by atoms with E-state index < -0.39 is 5.91 Å². The summed E-state index contributed by atoms with van der Waals surface area (Å²) >= 11 is 11.9. The minimum absolute atomic E-state index is 0.0162. The van der Waals surface area contributed by atoms with Crippen molar-refractivity contribution >= 4 is 40.6 Å². The van der Waals surface area contributed by atoms with Crippen molar-refractivity contribution < 1.29 is 4.79 Å². The summed E-state index contributed by atoms with van der Waals surface area (Å²) in [6.07, 6.45) is 0. The molecule has 3 aromatic rings. The van der Waals surface area contributed by atoms with Crippen molar-refractivity contribution in [2.45, 2.75) is 6.92 Å². The summed E-state index contributed by atoms with van der Waals surface area (Å²) in [5.41, 5.74) is 8.22. The molecule has 1 heterocycles. The molecule has 6 nitrogen and oxygen atoms in total. The normalized spacial score (nSPS) is 10.6. The van der Waals surface area contributed by atoms with Crippen LogP contribution in [0.5, 0.6) is 0 Å². The molecule has 3 N–H and O–H groups in total. The Balaban J connectivity index is 1.89. The van der Waals surface area contributed by atoms with E-state index in [2.05, 4.69) is 15.6 Å². The summed E-state index contributed by atoms with van der Waals surface area (Å²) in [5, 5.41) is 11.3. The summed E-state index contributed by atoms with van der Waals surface area (Å²) in [7, 11) is 0. The SMILES string of the molecule is Cc1cccc(-n2nnc(C(=O)Nc3ccc(Cl)cc3Cl)c2N)c1. The number of carbonyl (C=O) groups is 1. The number of hydrogen-bond acceptors (Lipinski definition) is 4. The van der Waals surface area contributed by atoms with Gasteiger partial charge in [-0.15, -0.1) is 5.10 Å². The summed E-state index contributed by atoms with van der Waals surface area (Å²) in [5.74, 6) is -0.362. The summed E-state index contributed by atoms with van der Waals surface area (Å²) in [4.78, 5) is 12.4. The van der Waals surface area contributed by atoms with Crippen molar-refractivity contribution in [2.75, 3.05) is 11.1 Å². The molecule has 0 radical (unpaired) electrons. The summed E-state index contributed by atoms with van der Waals surface area (Å²) in [6.45, 7) is 1.95. The van der Waals surface area contributed by atoms with E-state index in [1.807, 2.05) is 31.2 Å². The number of amides is 1. The fraction of sp³-hybridized carbons (Fsp3) is 0.0625. The highest BCUT2D eigenvalue weighted by Crippen LogP contribution is 2.26. The van der Waals surface area contributed by atoms with Crippen LogP contribution in [0.25, 0.3) is 5.69 Å². The van der Waals surface area contributed by atoms with Gasteiger partial charge in [0.1, 0.15) is 0 Å². The standard InChI is InChI=1S/C16H13Cl2N5O/c1-9-3-2-4-11(7-9)23-15(19)14(21-22-23)16(24)20-13-6-5-10(17)8-12(13)18/h2-8H,19H2,1H3,(H,20,24). The summed E-state index contributed by atoms with van der Waals surface area (Å²) in [6, 6.07) is 12.3. The van der Waals surface area contributed by atoms with Crippen molar-refractivity contribution in [1.82, 2.24) is 15.0 Å². The molecule has 1 aromatic heterocycles. The topological polar surface area (TPSA) is 85.8 Å². The Morgan fingerprint density at radius 3 is 2.71 bits per heavy atom. The number of hydrogen-bond donors (Lipinski definition) is 2. The summed E-state index contributed by atoms with van der Waals surface area (Å²) < 4.78 is 1.41. The first kappa shape index (κ1) is 16.3. The van der Waals surface area contributed by atoms with E-state index >= 15 is 0 Å². The van der Waals surface area contributed by atoms with Gasteiger partial charge in [-0.1, -0.05) is 40.5 Å². The van der Waals surface area contributed by atoms with Gasteiger partial charge in [0, 0.05) is 5.02 Å². The van der Waals surface area contributed by atoms with Gasteiger partial charge in [-0.25, -0.2) is 0 Å². The number of benzene rings is 2. The minimum atomic E-state index is -0.504. The predicted molar refractivity (Wildman–Crippen MR) is 94.9 cm³/mol. The lowest BCUT2D eigenvalue weighted by atomic mass is 10.2. The molecule has 8 heteroatoms. The fourth-order valence-corrected chi connectivity index (χ4v) is 2.63. The third-order valence-electron chi connectivity index (χ3n) is 3.35. The van der Waals surface area contributed by atoms with Crippen LogP contribution in [0.2, 0.25) is 10.0 Å². The predicted octanol–water partition coefficient (Wildman–Crippen LogP) is 3.72. The number of anilines is 2. The highest BCUT2D eigenvalue weighted by atomic mass is 35.5. The van der Waals surface area contributed by atoms with E-state index in [9.17, 15) is 4.79 Å². The maximum absolute atomic E-state index is 12.4. The molecule has 0 aliphatic carbocycles. The molecule has 0 fully saturated rings. The molecule has 2 aromatic carbocycles. The second-order valence-electron chi connectivity index (χ2n) is 5.15. The van der Waals surface area contributed by atoms with Gasteiger partial charge >= 0.3 is 0 Å². The molecule has 0 aliphatic rings. The minimum Gasteiger partial charge on any atom is -0.382 e. The number of nitrogen functional groups attached to an aromatic ring is 1. The Bertz CT molecular complexity index is 923. The van der Waals surface area contributed by atoms with Gasteiger partial charge in [0.05, 0.1) is 16.4 Å². The van der Waals surface area contributed by atoms with Gasteiger partial charge in [-0.2, -0.15) is 4.68 Å². The van der Waals surface area contributed by atoms with Gasteiger partial charge in [0.25, 0.3) is 5.91 Å². The number of nitrogens with one attached hydrogen (secondary N) is 1. The first-order valence-corrected chi connectivity index (χ1v) is 7.76. The Kier molecular flexibility index (Phi) is 4.42. The van der Waals surface area contributed by atoms with Crippen LogP contribution in [-0.4, -0.2) is 20.9 Å². The molecule has 3 rings (SSSR count). The van der Waals surface area contributed by atoms with Gasteiger partial charge in [-0.3, -0.25) is 4.79 Å². The number of aryl methyl sites for hydroxylation is 1. The molecule has 1 amide bonds. The van der Waals surface area contributed by atoms with Crippen LogP contribution in [0.15, 0.2) is 42.5 Å². The lowest BCUT2D eigenvalue weighted by Gasteiger charge is -2.07. The Morgan fingerprint density at radius 2 is 2.00 bits per heavy atom. The molecule has 0 saturated carbocycles. The number of rotatable bonds is 3. The second-order valence-corrected chi connectivity index (χ2v) is 6.00. The molecule has 0 saturated heterocycles. The fourth-order valence-electron chi connectivity index (χ4n) is 2.17. The van der Waals surface area contributed by atoms with Crippen molar-refractivity contribution in [1.29, 1.82) is 0 Å². The van der Waals surface area contributed by atoms with E-state index in [0.29, 0.717) is 15.7 Å². The van der Waals surface area contributed by atoms with E-state index in [-0.39, 0.29) is 11.5 Å². The van der Waals surface area contributed by atoms with Crippen molar-refractivity contribution in [3.63, 3.8) is 0 Å². The van der Waals surface area contributed by atoms with Crippen LogP contribution in [0.3, 0.4) is 0 Å². The maximum Gasteiger partial charge on any atom is 0.280 e. The van der Waals surface area contributed by atoms with Crippen molar-refractivity contribution in [3.05, 3.63) is 63.8 Å². The van der Waals surface area contributed by atoms with E-state index in [1.54, 1.807) is 12.1 Å². The monoisotopic (exact) mass is 361 g/mol. The quantitative estimate of drug-likeness (QED) is 0.744. The van der Waals surface area contributed by atoms with Crippen LogP contribution < -0.4 is 11.1 Å². The van der Waals surface area contributed by atoms with Crippen molar-refractivity contribution in [2.24, 2.45) is 0 Å². The number of aromatic nitrogens is 3. The molecule has 0 bridgehead atoms. The zero-order chi connectivity index (χ0) is 17.3. The second kappa shape index (κ2) is 6.51. The van der Waals surface area contributed by atoms with Gasteiger partial charge < -0.3 is 11.1 Å².